The predicted molar refractivity (Wildman–Crippen MR) is 65.2 cm³/mol. The Bertz CT molecular complexity index is 481. The second-order valence-corrected chi connectivity index (χ2v) is 4.34. The molecule has 1 heterocycles. The van der Waals surface area contributed by atoms with Gasteiger partial charge in [-0.25, -0.2) is 0 Å². The summed E-state index contributed by atoms with van der Waals surface area (Å²) in [5, 5.41) is 7.48. The van der Waals surface area contributed by atoms with Crippen LogP contribution < -0.4 is 5.73 Å². The molecule has 15 heavy (non-hydrogen) atoms. The van der Waals surface area contributed by atoms with E-state index in [0.29, 0.717) is 10.8 Å². The summed E-state index contributed by atoms with van der Waals surface area (Å²) in [6, 6.07) is 7.56. The molecule has 0 spiro atoms. The van der Waals surface area contributed by atoms with Gasteiger partial charge in [0.25, 0.3) is 0 Å². The number of hydrogen-bond acceptors (Lipinski definition) is 3. The van der Waals surface area contributed by atoms with Crippen molar-refractivity contribution in [3.8, 4) is 11.3 Å². The Morgan fingerprint density at radius 3 is 2.80 bits per heavy atom. The molecule has 0 fully saturated rings. The quantitative estimate of drug-likeness (QED) is 0.792. The molecular weight excluding hydrogens is 230 g/mol. The molecule has 2 aromatic rings. The number of nitrogens with zero attached hydrogens (tertiary/aromatic N) is 1. The largest absolute Gasteiger partial charge is 0.382 e. The second kappa shape index (κ2) is 4.16. The van der Waals surface area contributed by atoms with Crippen molar-refractivity contribution in [2.24, 2.45) is 0 Å². The van der Waals surface area contributed by atoms with Crippen molar-refractivity contribution in [3.63, 3.8) is 0 Å². The molecule has 0 saturated carbocycles. The first-order valence-electron chi connectivity index (χ1n) is 4.35. The number of nitrogens with two attached hydrogens (primary N) is 1. The second-order valence-electron chi connectivity index (χ2n) is 3.05. The van der Waals surface area contributed by atoms with E-state index < -0.39 is 0 Å². The van der Waals surface area contributed by atoms with Crippen LogP contribution in [0.2, 0.25) is 5.02 Å². The van der Waals surface area contributed by atoms with Gasteiger partial charge in [-0.05, 0) is 24.5 Å². The van der Waals surface area contributed by atoms with Crippen LogP contribution in [0.15, 0.2) is 29.2 Å². The molecule has 3 nitrogen and oxygen atoms in total. The molecule has 3 N–H and O–H groups in total. The van der Waals surface area contributed by atoms with E-state index >= 15 is 0 Å². The number of nitrogens with one attached hydrogen (secondary N) is 1. The van der Waals surface area contributed by atoms with Gasteiger partial charge >= 0.3 is 0 Å². The summed E-state index contributed by atoms with van der Waals surface area (Å²) in [6.07, 6.45) is 2.02. The first-order valence-corrected chi connectivity index (χ1v) is 5.96. The van der Waals surface area contributed by atoms with Crippen LogP contribution in [-0.4, -0.2) is 16.5 Å². The maximum atomic E-state index is 5.96. The van der Waals surface area contributed by atoms with Gasteiger partial charge in [0, 0.05) is 21.5 Å². The number of aromatic amines is 1. The highest BCUT2D eigenvalue weighted by atomic mass is 35.5. The summed E-state index contributed by atoms with van der Waals surface area (Å²) >= 11 is 7.62. The van der Waals surface area contributed by atoms with Crippen molar-refractivity contribution in [2.75, 3.05) is 12.0 Å². The summed E-state index contributed by atoms with van der Waals surface area (Å²) in [5.74, 6) is 0.483. The van der Waals surface area contributed by atoms with Crippen LogP contribution in [0.1, 0.15) is 0 Å². The van der Waals surface area contributed by atoms with Gasteiger partial charge in [0.2, 0.25) is 0 Å². The summed E-state index contributed by atoms with van der Waals surface area (Å²) in [6.45, 7) is 0. The monoisotopic (exact) mass is 239 g/mol. The van der Waals surface area contributed by atoms with Gasteiger partial charge in [-0.1, -0.05) is 11.6 Å². The smallest absolute Gasteiger partial charge is 0.145 e. The fourth-order valence-electron chi connectivity index (χ4n) is 1.37. The zero-order valence-electron chi connectivity index (χ0n) is 8.12. The number of nitrogen functional groups attached to an aromatic ring is 1. The zero-order chi connectivity index (χ0) is 10.8. The van der Waals surface area contributed by atoms with Gasteiger partial charge in [-0.15, -0.1) is 11.8 Å². The van der Waals surface area contributed by atoms with Gasteiger partial charge in [0.1, 0.15) is 5.82 Å². The Morgan fingerprint density at radius 2 is 2.20 bits per heavy atom. The highest BCUT2D eigenvalue weighted by Crippen LogP contribution is 2.31. The summed E-state index contributed by atoms with van der Waals surface area (Å²) in [4.78, 5) is 1.14. The third kappa shape index (κ3) is 2.11. The molecule has 1 aromatic heterocycles. The van der Waals surface area contributed by atoms with Gasteiger partial charge in [-0.3, -0.25) is 5.10 Å². The van der Waals surface area contributed by atoms with Crippen molar-refractivity contribution >= 4 is 29.2 Å². The number of benzene rings is 1. The van der Waals surface area contributed by atoms with Crippen LogP contribution in [0.4, 0.5) is 5.82 Å². The van der Waals surface area contributed by atoms with Crippen LogP contribution in [-0.2, 0) is 0 Å². The molecule has 0 amide bonds. The first-order chi connectivity index (χ1) is 7.20. The fourth-order valence-corrected chi connectivity index (χ4v) is 2.13. The van der Waals surface area contributed by atoms with Crippen molar-refractivity contribution in [1.82, 2.24) is 10.2 Å². The lowest BCUT2D eigenvalue weighted by molar-refractivity contribution is 1.10. The average molecular weight is 240 g/mol. The molecular formula is C10H10ClN3S. The Morgan fingerprint density at radius 1 is 1.40 bits per heavy atom. The minimum Gasteiger partial charge on any atom is -0.382 e. The lowest BCUT2D eigenvalue weighted by Gasteiger charge is -2.05. The highest BCUT2D eigenvalue weighted by Gasteiger charge is 2.07. The van der Waals surface area contributed by atoms with E-state index in [4.69, 9.17) is 17.3 Å². The molecule has 0 aliphatic carbocycles. The van der Waals surface area contributed by atoms with Crippen LogP contribution in [0.3, 0.4) is 0 Å². The Kier molecular flexibility index (Phi) is 2.88. The third-order valence-corrected chi connectivity index (χ3v) is 3.08. The molecule has 1 aromatic carbocycles. The van der Waals surface area contributed by atoms with E-state index in [1.165, 1.54) is 0 Å². The average Bonchev–Trinajstić information content (AvgIpc) is 2.65. The number of halogens is 1. The molecule has 0 unspecified atom stereocenters. The van der Waals surface area contributed by atoms with E-state index in [-0.39, 0.29) is 0 Å². The maximum Gasteiger partial charge on any atom is 0.145 e. The fraction of sp³-hybridized carbons (Fsp3) is 0.100. The van der Waals surface area contributed by atoms with Crippen LogP contribution in [0, 0.1) is 0 Å². The Labute approximate surface area is 97.0 Å². The molecule has 0 aliphatic heterocycles. The van der Waals surface area contributed by atoms with Gasteiger partial charge < -0.3 is 5.73 Å². The molecule has 0 saturated heterocycles. The number of thioether (sulfide) groups is 1. The summed E-state index contributed by atoms with van der Waals surface area (Å²) in [7, 11) is 0. The summed E-state index contributed by atoms with van der Waals surface area (Å²) < 4.78 is 0. The zero-order valence-corrected chi connectivity index (χ0v) is 9.69. The number of anilines is 1. The molecule has 0 bridgehead atoms. The SMILES string of the molecule is CSc1ccc(Cl)cc1-c1cc(N)n[nH]1. The molecule has 0 radical (unpaired) electrons. The van der Waals surface area contributed by atoms with Crippen molar-refractivity contribution in [1.29, 1.82) is 0 Å². The maximum absolute atomic E-state index is 5.96. The minimum atomic E-state index is 0.483. The van der Waals surface area contributed by atoms with Gasteiger partial charge in [0.15, 0.2) is 0 Å². The Hall–Kier alpha value is -1.13. The van der Waals surface area contributed by atoms with Crippen molar-refractivity contribution in [3.05, 3.63) is 29.3 Å². The van der Waals surface area contributed by atoms with Crippen molar-refractivity contribution < 1.29 is 0 Å². The summed E-state index contributed by atoms with van der Waals surface area (Å²) in [5.41, 5.74) is 7.48. The first kappa shape index (κ1) is 10.4. The number of H-pyrrole nitrogens is 1. The molecule has 0 atom stereocenters. The molecule has 5 heteroatoms. The highest BCUT2D eigenvalue weighted by molar-refractivity contribution is 7.98. The number of rotatable bonds is 2. The standard InChI is InChI=1S/C10H10ClN3S/c1-15-9-3-2-6(11)4-7(9)8-5-10(12)14-13-8/h2-5H,1H3,(H3,12,13,14). The molecule has 0 aliphatic rings. The van der Waals surface area contributed by atoms with E-state index in [1.54, 1.807) is 17.8 Å². The van der Waals surface area contributed by atoms with Crippen LogP contribution in [0.5, 0.6) is 0 Å². The lowest BCUT2D eigenvalue weighted by Crippen LogP contribution is -1.82. The van der Waals surface area contributed by atoms with E-state index in [0.717, 1.165) is 16.2 Å². The van der Waals surface area contributed by atoms with E-state index in [9.17, 15) is 0 Å². The number of hydrogen-bond donors (Lipinski definition) is 2. The van der Waals surface area contributed by atoms with E-state index in [2.05, 4.69) is 10.2 Å². The third-order valence-electron chi connectivity index (χ3n) is 2.05. The van der Waals surface area contributed by atoms with Crippen LogP contribution in [0.25, 0.3) is 11.3 Å². The van der Waals surface area contributed by atoms with Crippen molar-refractivity contribution in [2.45, 2.75) is 4.90 Å². The molecule has 2 rings (SSSR count). The topological polar surface area (TPSA) is 54.7 Å². The minimum absolute atomic E-state index is 0.483. The van der Waals surface area contributed by atoms with Gasteiger partial charge in [0.05, 0.1) is 5.69 Å². The normalized spacial score (nSPS) is 10.5. The van der Waals surface area contributed by atoms with Gasteiger partial charge in [-0.2, -0.15) is 5.10 Å². The molecule has 78 valence electrons. The predicted octanol–water partition coefficient (Wildman–Crippen LogP) is 3.03. The van der Waals surface area contributed by atoms with E-state index in [1.807, 2.05) is 24.5 Å². The lowest BCUT2D eigenvalue weighted by atomic mass is 10.1. The number of aromatic nitrogens is 2. The van der Waals surface area contributed by atoms with Crippen LogP contribution >= 0.6 is 23.4 Å². The Balaban J connectivity index is 2.55.